The molecule has 0 radical (unpaired) electrons. The van der Waals surface area contributed by atoms with E-state index in [2.05, 4.69) is 62.4 Å². The number of nitrogens with zero attached hydrogens (tertiary/aromatic N) is 1. The molecule has 2 aromatic rings. The molecule has 1 heteroatoms. The van der Waals surface area contributed by atoms with Crippen molar-refractivity contribution in [3.63, 3.8) is 0 Å². The standard InChI is InChI=1S/C20H22N/c1-21(2,17-9-15-19-11-5-3-6-12-19)18-10-16-20-13-7-4-8-14-20/h3-9,11-15H,17-18H2,1-2H3/q+1/b15-9+. The van der Waals surface area contributed by atoms with Crippen LogP contribution in [-0.2, 0) is 0 Å². The Balaban J connectivity index is 1.88. The zero-order valence-electron chi connectivity index (χ0n) is 12.8. The van der Waals surface area contributed by atoms with E-state index in [0.29, 0.717) is 0 Å². The summed E-state index contributed by atoms with van der Waals surface area (Å²) in [6.45, 7) is 1.81. The van der Waals surface area contributed by atoms with Crippen molar-refractivity contribution < 1.29 is 4.48 Å². The maximum absolute atomic E-state index is 3.28. The number of rotatable bonds is 4. The van der Waals surface area contributed by atoms with Gasteiger partial charge in [0, 0.05) is 5.56 Å². The molecule has 0 bridgehead atoms. The monoisotopic (exact) mass is 276 g/mol. The highest BCUT2D eigenvalue weighted by molar-refractivity contribution is 5.48. The quantitative estimate of drug-likeness (QED) is 0.588. The Labute approximate surface area is 128 Å². The van der Waals surface area contributed by atoms with Gasteiger partial charge in [0.2, 0.25) is 0 Å². The Morgan fingerprint density at radius 2 is 1.52 bits per heavy atom. The lowest BCUT2D eigenvalue weighted by molar-refractivity contribution is -0.877. The molecular weight excluding hydrogens is 254 g/mol. The lowest BCUT2D eigenvalue weighted by Gasteiger charge is -2.25. The summed E-state index contributed by atoms with van der Waals surface area (Å²) in [7, 11) is 4.41. The van der Waals surface area contributed by atoms with Crippen molar-refractivity contribution in [1.82, 2.24) is 0 Å². The van der Waals surface area contributed by atoms with Gasteiger partial charge < -0.3 is 4.48 Å². The minimum atomic E-state index is 0.841. The molecule has 0 atom stereocenters. The second kappa shape index (κ2) is 7.47. The number of quaternary nitrogens is 1. The van der Waals surface area contributed by atoms with Crippen molar-refractivity contribution in [3.8, 4) is 11.8 Å². The summed E-state index contributed by atoms with van der Waals surface area (Å²) in [5.74, 6) is 6.50. The van der Waals surface area contributed by atoms with Crippen LogP contribution < -0.4 is 0 Å². The van der Waals surface area contributed by atoms with Crippen molar-refractivity contribution in [2.75, 3.05) is 27.2 Å². The van der Waals surface area contributed by atoms with Crippen LogP contribution in [0.1, 0.15) is 11.1 Å². The van der Waals surface area contributed by atoms with E-state index in [-0.39, 0.29) is 0 Å². The van der Waals surface area contributed by atoms with E-state index in [1.54, 1.807) is 0 Å². The third-order valence-electron chi connectivity index (χ3n) is 3.22. The highest BCUT2D eigenvalue weighted by Crippen LogP contribution is 2.03. The molecule has 0 heterocycles. The summed E-state index contributed by atoms with van der Waals surface area (Å²) in [6, 6.07) is 20.5. The van der Waals surface area contributed by atoms with Crippen LogP contribution in [0.25, 0.3) is 6.08 Å². The van der Waals surface area contributed by atoms with Crippen molar-refractivity contribution in [3.05, 3.63) is 77.9 Å². The van der Waals surface area contributed by atoms with Gasteiger partial charge in [-0.1, -0.05) is 60.5 Å². The normalized spacial score (nSPS) is 11.1. The molecule has 2 rings (SSSR count). The fraction of sp³-hybridized carbons (Fsp3) is 0.200. The molecule has 0 amide bonds. The second-order valence-electron chi connectivity index (χ2n) is 5.76. The Morgan fingerprint density at radius 1 is 0.905 bits per heavy atom. The molecular formula is C20H22N+. The van der Waals surface area contributed by atoms with Crippen LogP contribution in [0.2, 0.25) is 0 Å². The lowest BCUT2D eigenvalue weighted by atomic mass is 10.2. The molecule has 0 N–H and O–H groups in total. The van der Waals surface area contributed by atoms with E-state index in [0.717, 1.165) is 23.1 Å². The highest BCUT2D eigenvalue weighted by atomic mass is 15.3. The van der Waals surface area contributed by atoms with Crippen molar-refractivity contribution in [2.24, 2.45) is 0 Å². The van der Waals surface area contributed by atoms with E-state index >= 15 is 0 Å². The van der Waals surface area contributed by atoms with Crippen molar-refractivity contribution in [1.29, 1.82) is 0 Å². The minimum absolute atomic E-state index is 0.841. The van der Waals surface area contributed by atoms with Gasteiger partial charge in [-0.15, -0.1) is 0 Å². The molecule has 0 fully saturated rings. The Morgan fingerprint density at radius 3 is 2.19 bits per heavy atom. The summed E-state index contributed by atoms with van der Waals surface area (Å²) < 4.78 is 0.864. The number of likely N-dealkylation sites (N-methyl/N-ethyl adjacent to an activating group) is 1. The van der Waals surface area contributed by atoms with Crippen molar-refractivity contribution >= 4 is 6.08 Å². The second-order valence-corrected chi connectivity index (χ2v) is 5.76. The average molecular weight is 276 g/mol. The summed E-state index contributed by atoms with van der Waals surface area (Å²) in [5.41, 5.74) is 2.32. The molecule has 0 unspecified atom stereocenters. The fourth-order valence-corrected chi connectivity index (χ4v) is 1.98. The molecule has 0 aliphatic heterocycles. The molecule has 0 spiro atoms. The first kappa shape index (κ1) is 15.1. The first-order valence-corrected chi connectivity index (χ1v) is 7.23. The largest absolute Gasteiger partial charge is 0.315 e. The zero-order chi connectivity index (χ0) is 15.0. The average Bonchev–Trinajstić information content (AvgIpc) is 2.49. The van der Waals surface area contributed by atoms with Gasteiger partial charge in [-0.2, -0.15) is 0 Å². The van der Waals surface area contributed by atoms with Crippen LogP contribution >= 0.6 is 0 Å². The Bertz CT molecular complexity index is 628. The highest BCUT2D eigenvalue weighted by Gasteiger charge is 2.09. The van der Waals surface area contributed by atoms with E-state index in [9.17, 15) is 0 Å². The molecule has 0 saturated heterocycles. The molecule has 0 aromatic heterocycles. The van der Waals surface area contributed by atoms with Crippen LogP contribution in [0.15, 0.2) is 66.7 Å². The van der Waals surface area contributed by atoms with Crippen LogP contribution in [0.4, 0.5) is 0 Å². The van der Waals surface area contributed by atoms with Gasteiger partial charge in [0.05, 0.1) is 20.6 Å². The van der Waals surface area contributed by atoms with Crippen LogP contribution in [-0.4, -0.2) is 31.7 Å². The van der Waals surface area contributed by atoms with Crippen LogP contribution in [0.5, 0.6) is 0 Å². The van der Waals surface area contributed by atoms with E-state index < -0.39 is 0 Å². The van der Waals surface area contributed by atoms with Gasteiger partial charge in [-0.3, -0.25) is 0 Å². The smallest absolute Gasteiger partial charge is 0.141 e. The van der Waals surface area contributed by atoms with E-state index in [1.165, 1.54) is 5.56 Å². The summed E-state index contributed by atoms with van der Waals surface area (Å²) in [5, 5.41) is 0. The van der Waals surface area contributed by atoms with Gasteiger partial charge in [0.25, 0.3) is 0 Å². The van der Waals surface area contributed by atoms with Gasteiger partial charge in [-0.05, 0) is 29.7 Å². The summed E-state index contributed by atoms with van der Waals surface area (Å²) in [6.07, 6.45) is 4.39. The first-order chi connectivity index (χ1) is 10.2. The summed E-state index contributed by atoms with van der Waals surface area (Å²) >= 11 is 0. The Kier molecular flexibility index (Phi) is 5.37. The van der Waals surface area contributed by atoms with Crippen LogP contribution in [0.3, 0.4) is 0 Å². The topological polar surface area (TPSA) is 0 Å². The lowest BCUT2D eigenvalue weighted by Crippen LogP contribution is -2.39. The maximum atomic E-state index is 3.28. The molecule has 0 aliphatic rings. The molecule has 1 nitrogen and oxygen atoms in total. The molecule has 0 saturated carbocycles. The number of hydrogen-bond acceptors (Lipinski definition) is 0. The van der Waals surface area contributed by atoms with E-state index in [4.69, 9.17) is 0 Å². The molecule has 106 valence electrons. The van der Waals surface area contributed by atoms with Gasteiger partial charge in [0.15, 0.2) is 0 Å². The maximum Gasteiger partial charge on any atom is 0.141 e. The SMILES string of the molecule is C[N+](C)(CC#Cc1ccccc1)C/C=C/c1ccccc1. The Hall–Kier alpha value is -2.30. The molecule has 21 heavy (non-hydrogen) atoms. The fourth-order valence-electron chi connectivity index (χ4n) is 1.98. The first-order valence-electron chi connectivity index (χ1n) is 7.23. The zero-order valence-corrected chi connectivity index (χ0v) is 12.8. The van der Waals surface area contributed by atoms with Gasteiger partial charge in [0.1, 0.15) is 6.54 Å². The van der Waals surface area contributed by atoms with Crippen molar-refractivity contribution in [2.45, 2.75) is 0 Å². The van der Waals surface area contributed by atoms with Crippen LogP contribution in [0, 0.1) is 11.8 Å². The predicted molar refractivity (Wildman–Crippen MR) is 90.6 cm³/mol. The third kappa shape index (κ3) is 5.69. The predicted octanol–water partition coefficient (Wildman–Crippen LogP) is 3.83. The van der Waals surface area contributed by atoms with Gasteiger partial charge >= 0.3 is 0 Å². The van der Waals surface area contributed by atoms with Gasteiger partial charge in [-0.25, -0.2) is 0 Å². The summed E-state index contributed by atoms with van der Waals surface area (Å²) in [4.78, 5) is 0. The molecule has 0 aliphatic carbocycles. The minimum Gasteiger partial charge on any atom is -0.315 e. The third-order valence-corrected chi connectivity index (χ3v) is 3.22. The number of benzene rings is 2. The number of hydrogen-bond donors (Lipinski definition) is 0. The van der Waals surface area contributed by atoms with E-state index in [1.807, 2.05) is 36.4 Å². The molecule has 2 aromatic carbocycles.